The van der Waals surface area contributed by atoms with Gasteiger partial charge in [-0.2, -0.15) is 0 Å². The molecule has 1 aliphatic heterocycles. The van der Waals surface area contributed by atoms with E-state index in [1.54, 1.807) is 12.1 Å². The third kappa shape index (κ3) is 3.80. The Balaban J connectivity index is 2.02. The molecule has 20 heavy (non-hydrogen) atoms. The minimum Gasteiger partial charge on any atom is -0.348 e. The fourth-order valence-electron chi connectivity index (χ4n) is 2.39. The van der Waals surface area contributed by atoms with E-state index in [0.717, 1.165) is 25.8 Å². The first-order valence-electron chi connectivity index (χ1n) is 6.68. The summed E-state index contributed by atoms with van der Waals surface area (Å²) in [4.78, 5) is 12.3. The number of benzene rings is 1. The first-order valence-corrected chi connectivity index (χ1v) is 8.57. The van der Waals surface area contributed by atoms with Crippen molar-refractivity contribution >= 4 is 15.7 Å². The maximum Gasteiger partial charge on any atom is 0.251 e. The smallest absolute Gasteiger partial charge is 0.251 e. The van der Waals surface area contributed by atoms with Crippen LogP contribution < -0.4 is 10.6 Å². The molecule has 1 aromatic rings. The average molecular weight is 296 g/mol. The van der Waals surface area contributed by atoms with Crippen molar-refractivity contribution in [1.82, 2.24) is 10.6 Å². The molecule has 110 valence electrons. The molecule has 0 radical (unpaired) electrons. The van der Waals surface area contributed by atoms with E-state index in [2.05, 4.69) is 17.6 Å². The summed E-state index contributed by atoms with van der Waals surface area (Å²) in [6.45, 7) is 3.90. The number of hydrogen-bond donors (Lipinski definition) is 2. The van der Waals surface area contributed by atoms with Gasteiger partial charge >= 0.3 is 0 Å². The predicted molar refractivity (Wildman–Crippen MR) is 77.5 cm³/mol. The molecule has 1 heterocycles. The van der Waals surface area contributed by atoms with Crippen molar-refractivity contribution in [2.24, 2.45) is 5.92 Å². The predicted octanol–water partition coefficient (Wildman–Crippen LogP) is 0.818. The highest BCUT2D eigenvalue weighted by molar-refractivity contribution is 7.90. The van der Waals surface area contributed by atoms with E-state index in [-0.39, 0.29) is 16.8 Å². The minimum absolute atomic E-state index is 0.126. The lowest BCUT2D eigenvalue weighted by Gasteiger charge is -2.28. The van der Waals surface area contributed by atoms with Crippen molar-refractivity contribution < 1.29 is 13.2 Å². The molecule has 1 aliphatic rings. The third-order valence-corrected chi connectivity index (χ3v) is 4.58. The summed E-state index contributed by atoms with van der Waals surface area (Å²) < 4.78 is 22.7. The second-order valence-electron chi connectivity index (χ2n) is 5.47. The van der Waals surface area contributed by atoms with E-state index in [1.807, 2.05) is 0 Å². The number of piperidine rings is 1. The van der Waals surface area contributed by atoms with E-state index < -0.39 is 9.84 Å². The van der Waals surface area contributed by atoms with Crippen LogP contribution in [0.15, 0.2) is 29.2 Å². The molecule has 0 aromatic heterocycles. The molecule has 0 saturated carbocycles. The monoisotopic (exact) mass is 296 g/mol. The van der Waals surface area contributed by atoms with Gasteiger partial charge in [-0.1, -0.05) is 6.92 Å². The normalized spacial score (nSPS) is 23.3. The van der Waals surface area contributed by atoms with Crippen molar-refractivity contribution in [3.05, 3.63) is 29.8 Å². The summed E-state index contributed by atoms with van der Waals surface area (Å²) in [5, 5.41) is 6.25. The van der Waals surface area contributed by atoms with Gasteiger partial charge < -0.3 is 10.6 Å². The lowest BCUT2D eigenvalue weighted by Crippen LogP contribution is -2.48. The molecule has 2 atom stereocenters. The first-order chi connectivity index (χ1) is 9.36. The van der Waals surface area contributed by atoms with Crippen molar-refractivity contribution in [3.63, 3.8) is 0 Å². The average Bonchev–Trinajstić information content (AvgIpc) is 2.38. The Morgan fingerprint density at radius 2 is 1.90 bits per heavy atom. The number of carbonyl (C=O) groups is 1. The fourth-order valence-corrected chi connectivity index (χ4v) is 3.02. The van der Waals surface area contributed by atoms with Crippen LogP contribution in [0.2, 0.25) is 0 Å². The molecule has 0 spiro atoms. The second-order valence-corrected chi connectivity index (χ2v) is 7.48. The molecule has 2 rings (SSSR count). The number of nitrogens with one attached hydrogen (secondary N) is 2. The van der Waals surface area contributed by atoms with Crippen LogP contribution in [0.5, 0.6) is 0 Å². The number of amides is 1. The van der Waals surface area contributed by atoms with E-state index in [4.69, 9.17) is 0 Å². The van der Waals surface area contributed by atoms with Crippen LogP contribution in [-0.2, 0) is 9.84 Å². The van der Waals surface area contributed by atoms with E-state index in [1.165, 1.54) is 12.1 Å². The van der Waals surface area contributed by atoms with Crippen molar-refractivity contribution in [2.75, 3.05) is 19.3 Å². The molecule has 1 fully saturated rings. The Labute approximate surface area is 119 Å². The standard InChI is InChI=1S/C14H20N2O3S/c1-10-7-12(9-15-8-10)16-14(17)11-3-5-13(6-4-11)20(2,18)19/h3-6,10,12,15H,7-9H2,1-2H3,(H,16,17). The number of sulfone groups is 1. The molecule has 2 unspecified atom stereocenters. The molecule has 1 aromatic carbocycles. The van der Waals surface area contributed by atoms with Crippen molar-refractivity contribution in [2.45, 2.75) is 24.3 Å². The van der Waals surface area contributed by atoms with Gasteiger partial charge in [0.15, 0.2) is 9.84 Å². The third-order valence-electron chi connectivity index (χ3n) is 3.45. The summed E-state index contributed by atoms with van der Waals surface area (Å²) in [6, 6.07) is 6.15. The van der Waals surface area contributed by atoms with Gasteiger partial charge in [0.2, 0.25) is 0 Å². The summed E-state index contributed by atoms with van der Waals surface area (Å²) >= 11 is 0. The van der Waals surface area contributed by atoms with Gasteiger partial charge in [-0.3, -0.25) is 4.79 Å². The van der Waals surface area contributed by atoms with Crippen molar-refractivity contribution in [1.29, 1.82) is 0 Å². The zero-order valence-electron chi connectivity index (χ0n) is 11.7. The maximum absolute atomic E-state index is 12.1. The quantitative estimate of drug-likeness (QED) is 0.866. The Morgan fingerprint density at radius 3 is 2.45 bits per heavy atom. The highest BCUT2D eigenvalue weighted by Crippen LogP contribution is 2.12. The largest absolute Gasteiger partial charge is 0.348 e. The molecule has 6 heteroatoms. The molecule has 5 nitrogen and oxygen atoms in total. The Morgan fingerprint density at radius 1 is 1.25 bits per heavy atom. The maximum atomic E-state index is 12.1. The molecule has 2 N–H and O–H groups in total. The lowest BCUT2D eigenvalue weighted by molar-refractivity contribution is 0.0925. The highest BCUT2D eigenvalue weighted by Gasteiger charge is 2.20. The van der Waals surface area contributed by atoms with E-state index in [0.29, 0.717) is 11.5 Å². The number of rotatable bonds is 3. The van der Waals surface area contributed by atoms with Gasteiger partial charge in [-0.25, -0.2) is 8.42 Å². The van der Waals surface area contributed by atoms with Crippen LogP contribution in [0.4, 0.5) is 0 Å². The lowest BCUT2D eigenvalue weighted by atomic mass is 9.97. The zero-order valence-corrected chi connectivity index (χ0v) is 12.5. The molecule has 0 aliphatic carbocycles. The Bertz CT molecular complexity index is 581. The summed E-state index contributed by atoms with van der Waals surface area (Å²) in [5.74, 6) is 0.382. The minimum atomic E-state index is -3.22. The van der Waals surface area contributed by atoms with Crippen LogP contribution in [0, 0.1) is 5.92 Å². The van der Waals surface area contributed by atoms with Crippen LogP contribution >= 0.6 is 0 Å². The Kier molecular flexibility index (Phi) is 4.45. The molecule has 0 bridgehead atoms. The molecule has 1 amide bonds. The summed E-state index contributed by atoms with van der Waals surface area (Å²) in [5.41, 5.74) is 0.482. The highest BCUT2D eigenvalue weighted by atomic mass is 32.2. The van der Waals surface area contributed by atoms with Gasteiger partial charge in [0.25, 0.3) is 5.91 Å². The fraction of sp³-hybridized carbons (Fsp3) is 0.500. The van der Waals surface area contributed by atoms with Crippen molar-refractivity contribution in [3.8, 4) is 0 Å². The van der Waals surface area contributed by atoms with Gasteiger partial charge in [-0.05, 0) is 43.1 Å². The first kappa shape index (κ1) is 15.0. The molecular weight excluding hydrogens is 276 g/mol. The summed E-state index contributed by atoms with van der Waals surface area (Å²) in [6.07, 6.45) is 2.11. The Hall–Kier alpha value is -1.40. The van der Waals surface area contributed by atoms with Crippen LogP contribution in [0.1, 0.15) is 23.7 Å². The van der Waals surface area contributed by atoms with Crippen LogP contribution in [0.25, 0.3) is 0 Å². The summed E-state index contributed by atoms with van der Waals surface area (Å²) in [7, 11) is -3.22. The SMILES string of the molecule is CC1CNCC(NC(=O)c2ccc(S(C)(=O)=O)cc2)C1. The van der Waals surface area contributed by atoms with Gasteiger partial charge in [0, 0.05) is 24.4 Å². The zero-order chi connectivity index (χ0) is 14.8. The van der Waals surface area contributed by atoms with Crippen LogP contribution in [-0.4, -0.2) is 39.7 Å². The van der Waals surface area contributed by atoms with Gasteiger partial charge in [-0.15, -0.1) is 0 Å². The van der Waals surface area contributed by atoms with E-state index >= 15 is 0 Å². The van der Waals surface area contributed by atoms with Gasteiger partial charge in [0.1, 0.15) is 0 Å². The second kappa shape index (κ2) is 5.93. The molecular formula is C14H20N2O3S. The van der Waals surface area contributed by atoms with Gasteiger partial charge in [0.05, 0.1) is 4.90 Å². The topological polar surface area (TPSA) is 75.3 Å². The van der Waals surface area contributed by atoms with Crippen LogP contribution in [0.3, 0.4) is 0 Å². The molecule has 1 saturated heterocycles. The number of hydrogen-bond acceptors (Lipinski definition) is 4. The van der Waals surface area contributed by atoms with E-state index in [9.17, 15) is 13.2 Å². The number of carbonyl (C=O) groups excluding carboxylic acids is 1.